The van der Waals surface area contributed by atoms with Crippen molar-refractivity contribution in [3.05, 3.63) is 48.1 Å². The molecule has 2 aliphatic heterocycles. The first-order chi connectivity index (χ1) is 15.3. The lowest BCUT2D eigenvalue weighted by atomic mass is 10.0. The van der Waals surface area contributed by atoms with Crippen LogP contribution in [0.25, 0.3) is 33.4 Å². The molecule has 0 bridgehead atoms. The molecular formula is C23H25N7O. The molecule has 0 atom stereocenters. The van der Waals surface area contributed by atoms with Gasteiger partial charge in [0.1, 0.15) is 0 Å². The first-order valence-electron chi connectivity index (χ1n) is 10.8. The van der Waals surface area contributed by atoms with Crippen LogP contribution in [0.1, 0.15) is 17.8 Å². The Morgan fingerprint density at radius 1 is 1.13 bits per heavy atom. The van der Waals surface area contributed by atoms with E-state index in [0.29, 0.717) is 13.2 Å². The zero-order valence-corrected chi connectivity index (χ0v) is 17.6. The number of nitrogens with zero attached hydrogens (tertiary/aromatic N) is 5. The molecule has 31 heavy (non-hydrogen) atoms. The Labute approximate surface area is 179 Å². The molecule has 1 aromatic carbocycles. The maximum Gasteiger partial charge on any atom is 0.181 e. The summed E-state index contributed by atoms with van der Waals surface area (Å²) in [6.45, 7) is 7.03. The van der Waals surface area contributed by atoms with Crippen molar-refractivity contribution in [3.63, 3.8) is 0 Å². The molecule has 0 saturated carbocycles. The molecule has 1 fully saturated rings. The molecule has 4 aromatic rings. The summed E-state index contributed by atoms with van der Waals surface area (Å²) in [5.74, 6) is 0.921. The second-order valence-electron chi connectivity index (χ2n) is 8.11. The van der Waals surface area contributed by atoms with E-state index in [1.165, 1.54) is 11.3 Å². The summed E-state index contributed by atoms with van der Waals surface area (Å²) < 4.78 is 7.84. The molecule has 5 heterocycles. The Morgan fingerprint density at radius 2 is 2.03 bits per heavy atom. The fourth-order valence-corrected chi connectivity index (χ4v) is 4.68. The molecular weight excluding hydrogens is 390 g/mol. The van der Waals surface area contributed by atoms with Gasteiger partial charge in [-0.1, -0.05) is 18.2 Å². The van der Waals surface area contributed by atoms with Crippen LogP contribution in [0.3, 0.4) is 0 Å². The lowest BCUT2D eigenvalue weighted by Gasteiger charge is -2.28. The van der Waals surface area contributed by atoms with E-state index >= 15 is 0 Å². The van der Waals surface area contributed by atoms with E-state index in [1.807, 2.05) is 18.3 Å². The summed E-state index contributed by atoms with van der Waals surface area (Å²) in [6, 6.07) is 6.20. The third-order valence-corrected chi connectivity index (χ3v) is 6.20. The van der Waals surface area contributed by atoms with Crippen molar-refractivity contribution in [1.82, 2.24) is 29.9 Å². The van der Waals surface area contributed by atoms with Crippen LogP contribution in [0, 0.1) is 6.92 Å². The van der Waals surface area contributed by atoms with Crippen molar-refractivity contribution in [1.29, 1.82) is 0 Å². The van der Waals surface area contributed by atoms with Gasteiger partial charge in [-0.3, -0.25) is 9.50 Å². The van der Waals surface area contributed by atoms with E-state index in [9.17, 15) is 0 Å². The Kier molecular flexibility index (Phi) is 4.47. The minimum atomic E-state index is 0.707. The van der Waals surface area contributed by atoms with Crippen LogP contribution in [0.15, 0.2) is 36.7 Å². The van der Waals surface area contributed by atoms with Crippen molar-refractivity contribution in [3.8, 4) is 11.3 Å². The maximum absolute atomic E-state index is 5.59. The second kappa shape index (κ2) is 7.47. The molecule has 158 valence electrons. The molecule has 0 spiro atoms. The number of aromatic amines is 1. The maximum atomic E-state index is 5.59. The number of imidazole rings is 1. The normalized spacial score (nSPS) is 17.5. The van der Waals surface area contributed by atoms with E-state index in [-0.39, 0.29) is 0 Å². The summed E-state index contributed by atoms with van der Waals surface area (Å²) >= 11 is 0. The smallest absolute Gasteiger partial charge is 0.181 e. The first kappa shape index (κ1) is 18.5. The van der Waals surface area contributed by atoms with E-state index in [4.69, 9.17) is 14.7 Å². The number of anilines is 1. The fourth-order valence-electron chi connectivity index (χ4n) is 4.68. The minimum absolute atomic E-state index is 0.707. The SMILES string of the molecule is Cc1nc2c(N3CCOCC3)nc(-c3cccc4[nH]ncc34)cn2c1C1=CCNCC1. The Bertz CT molecular complexity index is 1300. The van der Waals surface area contributed by atoms with Gasteiger partial charge < -0.3 is 15.0 Å². The van der Waals surface area contributed by atoms with Crippen LogP contribution in [-0.2, 0) is 4.74 Å². The molecule has 6 rings (SSSR count). The zero-order chi connectivity index (χ0) is 20.8. The summed E-state index contributed by atoms with van der Waals surface area (Å²) in [6.07, 6.45) is 7.29. The number of benzene rings is 1. The topological polar surface area (TPSA) is 83.4 Å². The number of aromatic nitrogens is 5. The zero-order valence-electron chi connectivity index (χ0n) is 17.6. The highest BCUT2D eigenvalue weighted by atomic mass is 16.5. The van der Waals surface area contributed by atoms with Crippen molar-refractivity contribution in [2.45, 2.75) is 13.3 Å². The second-order valence-corrected chi connectivity index (χ2v) is 8.11. The number of ether oxygens (including phenoxy) is 1. The van der Waals surface area contributed by atoms with E-state index in [2.05, 4.69) is 50.1 Å². The molecule has 1 saturated heterocycles. The van der Waals surface area contributed by atoms with Crippen LogP contribution in [0.4, 0.5) is 5.82 Å². The Balaban J connectivity index is 1.62. The van der Waals surface area contributed by atoms with Crippen LogP contribution < -0.4 is 10.2 Å². The monoisotopic (exact) mass is 415 g/mol. The van der Waals surface area contributed by atoms with Crippen LogP contribution in [0.2, 0.25) is 0 Å². The highest BCUT2D eigenvalue weighted by Gasteiger charge is 2.23. The number of aryl methyl sites for hydroxylation is 1. The van der Waals surface area contributed by atoms with Crippen LogP contribution in [0.5, 0.6) is 0 Å². The molecule has 8 heteroatoms. The molecule has 0 amide bonds. The van der Waals surface area contributed by atoms with Crippen LogP contribution in [-0.4, -0.2) is 64.0 Å². The molecule has 3 aromatic heterocycles. The number of morpholine rings is 1. The van der Waals surface area contributed by atoms with Gasteiger partial charge in [-0.05, 0) is 31.5 Å². The lowest BCUT2D eigenvalue weighted by Crippen LogP contribution is -2.37. The summed E-state index contributed by atoms with van der Waals surface area (Å²) in [5.41, 5.74) is 7.49. The lowest BCUT2D eigenvalue weighted by molar-refractivity contribution is 0.122. The Hall–Kier alpha value is -3.23. The van der Waals surface area contributed by atoms with Crippen molar-refractivity contribution in [2.75, 3.05) is 44.3 Å². The van der Waals surface area contributed by atoms with Gasteiger partial charge in [-0.25, -0.2) is 9.97 Å². The predicted molar refractivity (Wildman–Crippen MR) is 121 cm³/mol. The predicted octanol–water partition coefficient (Wildman–Crippen LogP) is 2.79. The quantitative estimate of drug-likeness (QED) is 0.535. The largest absolute Gasteiger partial charge is 0.378 e. The molecule has 0 unspecified atom stereocenters. The summed E-state index contributed by atoms with van der Waals surface area (Å²) in [4.78, 5) is 12.4. The first-order valence-corrected chi connectivity index (χ1v) is 10.8. The minimum Gasteiger partial charge on any atom is -0.378 e. The number of fused-ring (bicyclic) bond motifs is 2. The van der Waals surface area contributed by atoms with E-state index in [0.717, 1.165) is 71.9 Å². The van der Waals surface area contributed by atoms with Crippen molar-refractivity contribution < 1.29 is 4.74 Å². The van der Waals surface area contributed by atoms with Crippen molar-refractivity contribution in [2.24, 2.45) is 0 Å². The van der Waals surface area contributed by atoms with Crippen molar-refractivity contribution >= 4 is 27.9 Å². The number of hydrogen-bond acceptors (Lipinski definition) is 6. The van der Waals surface area contributed by atoms with Gasteiger partial charge in [-0.15, -0.1) is 0 Å². The van der Waals surface area contributed by atoms with Gasteiger partial charge in [0, 0.05) is 36.8 Å². The molecule has 8 nitrogen and oxygen atoms in total. The van der Waals surface area contributed by atoms with E-state index in [1.54, 1.807) is 0 Å². The van der Waals surface area contributed by atoms with Gasteiger partial charge in [-0.2, -0.15) is 5.10 Å². The number of rotatable bonds is 3. The molecule has 2 aliphatic rings. The third kappa shape index (κ3) is 3.10. The van der Waals surface area contributed by atoms with Gasteiger partial charge in [0.25, 0.3) is 0 Å². The van der Waals surface area contributed by atoms with Gasteiger partial charge in [0.2, 0.25) is 0 Å². The molecule has 0 aliphatic carbocycles. The average Bonchev–Trinajstić information content (AvgIpc) is 3.43. The highest BCUT2D eigenvalue weighted by Crippen LogP contribution is 2.33. The third-order valence-electron chi connectivity index (χ3n) is 6.20. The number of hydrogen-bond donors (Lipinski definition) is 2. The average molecular weight is 416 g/mol. The standard InChI is InChI=1S/C23H25N7O/c1-15-21(16-5-7-24-8-6-16)30-14-20(17-3-2-4-19-18(17)13-25-28-19)27-22(23(30)26-15)29-9-11-31-12-10-29/h2-5,13-14,24H,6-12H2,1H3,(H,25,28). The van der Waals surface area contributed by atoms with E-state index < -0.39 is 0 Å². The molecule has 2 N–H and O–H groups in total. The highest BCUT2D eigenvalue weighted by molar-refractivity contribution is 5.93. The summed E-state index contributed by atoms with van der Waals surface area (Å²) in [5, 5.41) is 11.8. The molecule has 0 radical (unpaired) electrons. The summed E-state index contributed by atoms with van der Waals surface area (Å²) in [7, 11) is 0. The van der Waals surface area contributed by atoms with Gasteiger partial charge in [0.15, 0.2) is 11.5 Å². The van der Waals surface area contributed by atoms with Gasteiger partial charge >= 0.3 is 0 Å². The number of nitrogens with one attached hydrogen (secondary N) is 2. The Morgan fingerprint density at radius 3 is 2.87 bits per heavy atom. The fraction of sp³-hybridized carbons (Fsp3) is 0.348. The van der Waals surface area contributed by atoms with Crippen LogP contribution >= 0.6 is 0 Å². The number of H-pyrrole nitrogens is 1. The van der Waals surface area contributed by atoms with Gasteiger partial charge in [0.05, 0.1) is 42.0 Å².